The fourth-order valence-corrected chi connectivity index (χ4v) is 1.95. The van der Waals surface area contributed by atoms with Crippen molar-refractivity contribution in [3.05, 3.63) is 11.6 Å². The van der Waals surface area contributed by atoms with Crippen LogP contribution in [-0.4, -0.2) is 22.2 Å². The van der Waals surface area contributed by atoms with Gasteiger partial charge in [0.15, 0.2) is 0 Å². The lowest BCUT2D eigenvalue weighted by atomic mass is 9.87. The SMILES string of the molecule is O=C(O)C/C(=C\C1CCCCC1)C(=O)O. The van der Waals surface area contributed by atoms with E-state index in [1.165, 1.54) is 6.42 Å². The second-order valence-electron chi connectivity index (χ2n) is 3.97. The second kappa shape index (κ2) is 5.53. The summed E-state index contributed by atoms with van der Waals surface area (Å²) < 4.78 is 0. The average Bonchev–Trinajstić information content (AvgIpc) is 2.17. The molecule has 4 nitrogen and oxygen atoms in total. The van der Waals surface area contributed by atoms with Crippen LogP contribution in [0.25, 0.3) is 0 Å². The second-order valence-corrected chi connectivity index (χ2v) is 3.97. The molecular formula is C11H16O4. The summed E-state index contributed by atoms with van der Waals surface area (Å²) in [5.41, 5.74) is 0.0226. The topological polar surface area (TPSA) is 74.6 Å². The predicted molar refractivity (Wildman–Crippen MR) is 54.5 cm³/mol. The molecule has 0 aromatic heterocycles. The highest BCUT2D eigenvalue weighted by Crippen LogP contribution is 2.26. The first-order chi connectivity index (χ1) is 7.09. The first kappa shape index (κ1) is 11.8. The lowest BCUT2D eigenvalue weighted by molar-refractivity contribution is -0.139. The van der Waals surface area contributed by atoms with Gasteiger partial charge in [0.2, 0.25) is 0 Å². The Hall–Kier alpha value is -1.32. The minimum absolute atomic E-state index is 0.0226. The number of carboxylic acids is 2. The fourth-order valence-electron chi connectivity index (χ4n) is 1.95. The Morgan fingerprint density at radius 1 is 1.13 bits per heavy atom. The van der Waals surface area contributed by atoms with Crippen LogP contribution in [0.5, 0.6) is 0 Å². The van der Waals surface area contributed by atoms with Crippen molar-refractivity contribution in [3.8, 4) is 0 Å². The van der Waals surface area contributed by atoms with Gasteiger partial charge in [0.05, 0.1) is 6.42 Å². The Balaban J connectivity index is 2.64. The Morgan fingerprint density at radius 3 is 2.20 bits per heavy atom. The molecule has 0 bridgehead atoms. The Bertz CT molecular complexity index is 274. The zero-order valence-electron chi connectivity index (χ0n) is 8.61. The van der Waals surface area contributed by atoms with Gasteiger partial charge in [-0.3, -0.25) is 4.79 Å². The average molecular weight is 212 g/mol. The van der Waals surface area contributed by atoms with E-state index in [0.717, 1.165) is 25.7 Å². The molecule has 1 aliphatic carbocycles. The highest BCUT2D eigenvalue weighted by Gasteiger charge is 2.17. The van der Waals surface area contributed by atoms with Crippen LogP contribution in [0.4, 0.5) is 0 Å². The third kappa shape index (κ3) is 4.14. The molecule has 0 atom stereocenters. The minimum atomic E-state index is -1.11. The van der Waals surface area contributed by atoms with Gasteiger partial charge >= 0.3 is 11.9 Å². The molecule has 0 heterocycles. The van der Waals surface area contributed by atoms with E-state index < -0.39 is 11.9 Å². The highest BCUT2D eigenvalue weighted by atomic mass is 16.4. The van der Waals surface area contributed by atoms with Crippen LogP contribution in [0.2, 0.25) is 0 Å². The molecule has 84 valence electrons. The summed E-state index contributed by atoms with van der Waals surface area (Å²) in [5, 5.41) is 17.4. The summed E-state index contributed by atoms with van der Waals surface area (Å²) in [6.07, 6.45) is 6.64. The molecule has 0 saturated heterocycles. The van der Waals surface area contributed by atoms with Gasteiger partial charge in [0.25, 0.3) is 0 Å². The Morgan fingerprint density at radius 2 is 1.73 bits per heavy atom. The maximum absolute atomic E-state index is 10.8. The van der Waals surface area contributed by atoms with Gasteiger partial charge < -0.3 is 10.2 Å². The number of allylic oxidation sites excluding steroid dienone is 1. The Labute approximate surface area is 88.6 Å². The molecule has 1 aliphatic rings. The van der Waals surface area contributed by atoms with Crippen molar-refractivity contribution in [1.82, 2.24) is 0 Å². The van der Waals surface area contributed by atoms with Gasteiger partial charge in [0, 0.05) is 5.57 Å². The van der Waals surface area contributed by atoms with Crippen LogP contribution in [0.15, 0.2) is 11.6 Å². The summed E-state index contributed by atoms with van der Waals surface area (Å²) in [5.74, 6) is -1.94. The van der Waals surface area contributed by atoms with Crippen molar-refractivity contribution in [3.63, 3.8) is 0 Å². The standard InChI is InChI=1S/C11H16O4/c12-10(13)7-9(11(14)15)6-8-4-2-1-3-5-8/h6,8H,1-5,7H2,(H,12,13)(H,14,15)/b9-6+. The summed E-state index contributed by atoms with van der Waals surface area (Å²) >= 11 is 0. The van der Waals surface area contributed by atoms with Crippen molar-refractivity contribution in [2.75, 3.05) is 0 Å². The van der Waals surface area contributed by atoms with E-state index in [1.54, 1.807) is 6.08 Å². The number of carboxylic acid groups (broad SMARTS) is 2. The predicted octanol–water partition coefficient (Wildman–Crippen LogP) is 2.05. The van der Waals surface area contributed by atoms with Crippen molar-refractivity contribution < 1.29 is 19.8 Å². The summed E-state index contributed by atoms with van der Waals surface area (Å²) in [6.45, 7) is 0. The molecular weight excluding hydrogens is 196 g/mol. The van der Waals surface area contributed by atoms with E-state index in [0.29, 0.717) is 0 Å². The molecule has 15 heavy (non-hydrogen) atoms. The zero-order chi connectivity index (χ0) is 11.3. The van der Waals surface area contributed by atoms with Crippen LogP contribution in [-0.2, 0) is 9.59 Å². The van der Waals surface area contributed by atoms with Crippen LogP contribution >= 0.6 is 0 Å². The van der Waals surface area contributed by atoms with Crippen LogP contribution < -0.4 is 0 Å². The van der Waals surface area contributed by atoms with Crippen molar-refractivity contribution in [2.45, 2.75) is 38.5 Å². The number of hydrogen-bond acceptors (Lipinski definition) is 2. The maximum Gasteiger partial charge on any atom is 0.331 e. The van der Waals surface area contributed by atoms with E-state index in [4.69, 9.17) is 10.2 Å². The molecule has 0 unspecified atom stereocenters. The van der Waals surface area contributed by atoms with Gasteiger partial charge in [-0.1, -0.05) is 25.3 Å². The van der Waals surface area contributed by atoms with Gasteiger partial charge in [0.1, 0.15) is 0 Å². The quantitative estimate of drug-likeness (QED) is 0.699. The fraction of sp³-hybridized carbons (Fsp3) is 0.636. The van der Waals surface area contributed by atoms with Gasteiger partial charge in [-0.2, -0.15) is 0 Å². The summed E-state index contributed by atoms with van der Waals surface area (Å²) in [6, 6.07) is 0. The number of rotatable bonds is 4. The van der Waals surface area contributed by atoms with Crippen LogP contribution in [0.3, 0.4) is 0 Å². The van der Waals surface area contributed by atoms with Crippen molar-refractivity contribution >= 4 is 11.9 Å². The van der Waals surface area contributed by atoms with E-state index in [2.05, 4.69) is 0 Å². The Kier molecular flexibility index (Phi) is 4.34. The molecule has 4 heteroatoms. The van der Waals surface area contributed by atoms with Gasteiger partial charge in [-0.15, -0.1) is 0 Å². The van der Waals surface area contributed by atoms with Crippen molar-refractivity contribution in [2.24, 2.45) is 5.92 Å². The normalized spacial score (nSPS) is 18.8. The third-order valence-electron chi connectivity index (χ3n) is 2.70. The molecule has 1 fully saturated rings. The molecule has 0 aromatic carbocycles. The summed E-state index contributed by atoms with van der Waals surface area (Å²) in [7, 11) is 0. The number of carbonyl (C=O) groups is 2. The van der Waals surface area contributed by atoms with Crippen molar-refractivity contribution in [1.29, 1.82) is 0 Å². The zero-order valence-corrected chi connectivity index (χ0v) is 8.61. The molecule has 1 rings (SSSR count). The molecule has 2 N–H and O–H groups in total. The number of aliphatic carboxylic acids is 2. The van der Waals surface area contributed by atoms with E-state index in [9.17, 15) is 9.59 Å². The molecule has 0 aromatic rings. The first-order valence-electron chi connectivity index (χ1n) is 5.25. The first-order valence-corrected chi connectivity index (χ1v) is 5.25. The molecule has 0 spiro atoms. The lowest BCUT2D eigenvalue weighted by Crippen LogP contribution is -2.11. The maximum atomic E-state index is 10.8. The largest absolute Gasteiger partial charge is 0.481 e. The molecule has 0 amide bonds. The van der Waals surface area contributed by atoms with Gasteiger partial charge in [-0.25, -0.2) is 4.79 Å². The molecule has 0 aliphatic heterocycles. The molecule has 1 saturated carbocycles. The van der Waals surface area contributed by atoms with Crippen LogP contribution in [0.1, 0.15) is 38.5 Å². The minimum Gasteiger partial charge on any atom is -0.481 e. The lowest BCUT2D eigenvalue weighted by Gasteiger charge is -2.18. The summed E-state index contributed by atoms with van der Waals surface area (Å²) in [4.78, 5) is 21.2. The smallest absolute Gasteiger partial charge is 0.331 e. The van der Waals surface area contributed by atoms with Crippen LogP contribution in [0, 0.1) is 5.92 Å². The molecule has 0 radical (unpaired) electrons. The van der Waals surface area contributed by atoms with E-state index >= 15 is 0 Å². The van der Waals surface area contributed by atoms with E-state index in [-0.39, 0.29) is 17.9 Å². The monoisotopic (exact) mass is 212 g/mol. The third-order valence-corrected chi connectivity index (χ3v) is 2.70. The number of hydrogen-bond donors (Lipinski definition) is 2. The highest BCUT2D eigenvalue weighted by molar-refractivity contribution is 5.92. The van der Waals surface area contributed by atoms with Gasteiger partial charge in [-0.05, 0) is 18.8 Å². The van der Waals surface area contributed by atoms with E-state index in [1.807, 2.05) is 0 Å².